The van der Waals surface area contributed by atoms with Gasteiger partial charge in [-0.25, -0.2) is 9.13 Å². The highest BCUT2D eigenvalue weighted by molar-refractivity contribution is 7.47. The van der Waals surface area contributed by atoms with E-state index in [1.54, 1.807) is 0 Å². The van der Waals surface area contributed by atoms with Crippen LogP contribution in [0.4, 0.5) is 0 Å². The molecule has 0 amide bonds. The van der Waals surface area contributed by atoms with Gasteiger partial charge in [-0.3, -0.25) is 37.3 Å². The number of ether oxygens (including phenoxy) is 4. The average Bonchev–Trinajstić information content (AvgIpc) is 3.44. The molecule has 91 heavy (non-hydrogen) atoms. The van der Waals surface area contributed by atoms with Crippen LogP contribution in [0.3, 0.4) is 0 Å². The molecule has 0 fully saturated rings. The van der Waals surface area contributed by atoms with E-state index in [9.17, 15) is 43.2 Å². The smallest absolute Gasteiger partial charge is 0.462 e. The summed E-state index contributed by atoms with van der Waals surface area (Å²) in [4.78, 5) is 72.6. The first-order chi connectivity index (χ1) is 44.0. The van der Waals surface area contributed by atoms with Gasteiger partial charge in [0.1, 0.15) is 19.3 Å². The maximum Gasteiger partial charge on any atom is 0.472 e. The number of esters is 4. The molecule has 0 bridgehead atoms. The third-order valence-corrected chi connectivity index (χ3v) is 18.7. The molecule has 0 spiro atoms. The van der Waals surface area contributed by atoms with Crippen molar-refractivity contribution in [2.75, 3.05) is 39.6 Å². The zero-order valence-corrected chi connectivity index (χ0v) is 60.8. The highest BCUT2D eigenvalue weighted by Gasteiger charge is 2.30. The molecule has 0 saturated carbocycles. The number of unbranched alkanes of at least 4 members (excludes halogenated alkanes) is 44. The molecule has 0 aromatic carbocycles. The van der Waals surface area contributed by atoms with Crippen molar-refractivity contribution in [1.82, 2.24) is 0 Å². The van der Waals surface area contributed by atoms with Crippen LogP contribution in [-0.4, -0.2) is 96.7 Å². The molecule has 0 aliphatic rings. The molecule has 540 valence electrons. The van der Waals surface area contributed by atoms with Gasteiger partial charge in [0.05, 0.1) is 26.4 Å². The lowest BCUT2D eigenvalue weighted by atomic mass is 10.0. The van der Waals surface area contributed by atoms with Gasteiger partial charge in [-0.1, -0.05) is 324 Å². The van der Waals surface area contributed by atoms with E-state index in [-0.39, 0.29) is 25.7 Å². The highest BCUT2D eigenvalue weighted by Crippen LogP contribution is 2.45. The Balaban J connectivity index is 5.22. The van der Waals surface area contributed by atoms with Crippen LogP contribution in [0.2, 0.25) is 0 Å². The van der Waals surface area contributed by atoms with Gasteiger partial charge in [-0.05, 0) is 31.6 Å². The first-order valence-electron chi connectivity index (χ1n) is 37.6. The van der Waals surface area contributed by atoms with Crippen molar-refractivity contribution in [3.05, 3.63) is 0 Å². The van der Waals surface area contributed by atoms with Crippen LogP contribution in [0.25, 0.3) is 0 Å². The zero-order valence-electron chi connectivity index (χ0n) is 59.0. The number of aliphatic hydroxyl groups excluding tert-OH is 1. The second-order valence-corrected chi connectivity index (χ2v) is 29.4. The minimum Gasteiger partial charge on any atom is -0.462 e. The first-order valence-corrected chi connectivity index (χ1v) is 40.6. The fourth-order valence-electron chi connectivity index (χ4n) is 11.0. The van der Waals surface area contributed by atoms with Crippen LogP contribution in [-0.2, 0) is 65.4 Å². The Kier molecular flexibility index (Phi) is 64.0. The number of hydrogen-bond acceptors (Lipinski definition) is 15. The van der Waals surface area contributed by atoms with E-state index in [0.717, 1.165) is 102 Å². The number of hydrogen-bond donors (Lipinski definition) is 3. The Morgan fingerprint density at radius 3 is 0.747 bits per heavy atom. The molecule has 0 rings (SSSR count). The summed E-state index contributed by atoms with van der Waals surface area (Å²) in [7, 11) is -9.90. The molecular formula is C72H140O17P2. The SMILES string of the molecule is CCCCCCCCCCCCCCCCCCCC(=O)O[C@H](COC(=O)CCCCCCCCCCCCCC(C)C)COP(=O)(O)OC[C@@H](O)COP(=O)(O)OC[C@@H](COC(=O)CCCCCCCCCC)OC(=O)CCCCCCCCCCCCCC. The Morgan fingerprint density at radius 2 is 0.505 bits per heavy atom. The van der Waals surface area contributed by atoms with E-state index < -0.39 is 97.5 Å². The van der Waals surface area contributed by atoms with Crippen molar-refractivity contribution in [2.24, 2.45) is 5.92 Å². The van der Waals surface area contributed by atoms with Gasteiger partial charge in [0, 0.05) is 25.7 Å². The van der Waals surface area contributed by atoms with E-state index in [2.05, 4.69) is 34.6 Å². The molecule has 0 saturated heterocycles. The number of phosphoric acid groups is 2. The molecule has 0 heterocycles. The van der Waals surface area contributed by atoms with E-state index in [0.29, 0.717) is 25.7 Å². The molecule has 19 heteroatoms. The number of carbonyl (C=O) groups excluding carboxylic acids is 4. The van der Waals surface area contributed by atoms with Gasteiger partial charge in [0.25, 0.3) is 0 Å². The summed E-state index contributed by atoms with van der Waals surface area (Å²) in [6.07, 6.45) is 52.7. The molecule has 5 atom stereocenters. The van der Waals surface area contributed by atoms with Crippen LogP contribution in [0.5, 0.6) is 0 Å². The standard InChI is InChI=1S/C72H140O17P2/c1-6-9-12-15-18-21-23-25-26-27-28-29-33-38-43-48-53-58-72(77)89-68(62-83-70(75)56-51-46-41-36-34-30-31-35-39-44-49-54-65(4)5)64-87-91(80,81)85-60-66(73)59-84-90(78,79)86-63-67(61-82-69(74)55-50-45-40-20-17-14-11-8-3)88-71(76)57-52-47-42-37-32-24-22-19-16-13-10-7-2/h65-68,73H,6-64H2,1-5H3,(H,78,79)(H,80,81)/t66-,67+,68+/m0/s1. The molecule has 0 aliphatic heterocycles. The summed E-state index contributed by atoms with van der Waals surface area (Å²) >= 11 is 0. The van der Waals surface area contributed by atoms with Gasteiger partial charge in [-0.15, -0.1) is 0 Å². The van der Waals surface area contributed by atoms with E-state index in [1.165, 1.54) is 193 Å². The number of aliphatic hydroxyl groups is 1. The lowest BCUT2D eigenvalue weighted by molar-refractivity contribution is -0.161. The summed E-state index contributed by atoms with van der Waals surface area (Å²) < 4.78 is 68.3. The lowest BCUT2D eigenvalue weighted by Gasteiger charge is -2.21. The Labute approximate surface area is 556 Å². The van der Waals surface area contributed by atoms with E-state index in [4.69, 9.17) is 37.0 Å². The largest absolute Gasteiger partial charge is 0.472 e. The van der Waals surface area contributed by atoms with Crippen molar-refractivity contribution in [3.63, 3.8) is 0 Å². The zero-order chi connectivity index (χ0) is 67.0. The van der Waals surface area contributed by atoms with Crippen molar-refractivity contribution in [3.8, 4) is 0 Å². The van der Waals surface area contributed by atoms with Crippen molar-refractivity contribution < 1.29 is 80.2 Å². The second-order valence-electron chi connectivity index (χ2n) is 26.5. The highest BCUT2D eigenvalue weighted by atomic mass is 31.2. The Bertz CT molecular complexity index is 1750. The minimum absolute atomic E-state index is 0.107. The minimum atomic E-state index is -4.95. The maximum absolute atomic E-state index is 13.0. The number of carbonyl (C=O) groups is 4. The topological polar surface area (TPSA) is 237 Å². The molecule has 17 nitrogen and oxygen atoms in total. The summed E-state index contributed by atoms with van der Waals surface area (Å²) in [6, 6.07) is 0. The second kappa shape index (κ2) is 65.4. The fraction of sp³-hybridized carbons (Fsp3) is 0.944. The average molecular weight is 1340 g/mol. The summed E-state index contributed by atoms with van der Waals surface area (Å²) in [5.41, 5.74) is 0. The predicted molar refractivity (Wildman–Crippen MR) is 368 cm³/mol. The van der Waals surface area contributed by atoms with Gasteiger partial charge in [-0.2, -0.15) is 0 Å². The maximum atomic E-state index is 13.0. The number of rotatable bonds is 72. The summed E-state index contributed by atoms with van der Waals surface area (Å²) in [5.74, 6) is -1.35. The van der Waals surface area contributed by atoms with Crippen LogP contribution >= 0.6 is 15.6 Å². The molecule has 2 unspecified atom stereocenters. The molecule has 0 aromatic rings. The normalized spacial score (nSPS) is 14.0. The molecule has 0 radical (unpaired) electrons. The van der Waals surface area contributed by atoms with Gasteiger partial charge in [0.15, 0.2) is 12.2 Å². The summed E-state index contributed by atoms with van der Waals surface area (Å²) in [5, 5.41) is 10.6. The molecule has 0 aliphatic carbocycles. The molecule has 0 aromatic heterocycles. The van der Waals surface area contributed by atoms with E-state index >= 15 is 0 Å². The Hall–Kier alpha value is -1.94. The van der Waals surface area contributed by atoms with Crippen molar-refractivity contribution in [1.29, 1.82) is 0 Å². The molecule has 3 N–H and O–H groups in total. The van der Waals surface area contributed by atoms with Crippen molar-refractivity contribution >= 4 is 39.5 Å². The van der Waals surface area contributed by atoms with Crippen molar-refractivity contribution in [2.45, 2.75) is 393 Å². The van der Waals surface area contributed by atoms with E-state index in [1.807, 2.05) is 0 Å². The third kappa shape index (κ3) is 66.5. The number of phosphoric ester groups is 2. The van der Waals surface area contributed by atoms with Crippen LogP contribution in [0, 0.1) is 5.92 Å². The fourth-order valence-corrected chi connectivity index (χ4v) is 12.6. The predicted octanol–water partition coefficient (Wildman–Crippen LogP) is 20.9. The van der Waals surface area contributed by atoms with Crippen LogP contribution < -0.4 is 0 Å². The summed E-state index contributed by atoms with van der Waals surface area (Å²) in [6.45, 7) is 7.25. The first kappa shape index (κ1) is 89.1. The monoisotopic (exact) mass is 1340 g/mol. The molecular weight excluding hydrogens is 1200 g/mol. The lowest BCUT2D eigenvalue weighted by Crippen LogP contribution is -2.30. The quantitative estimate of drug-likeness (QED) is 0.0222. The van der Waals surface area contributed by atoms with Gasteiger partial charge < -0.3 is 33.8 Å². The third-order valence-electron chi connectivity index (χ3n) is 16.8. The van der Waals surface area contributed by atoms with Crippen LogP contribution in [0.15, 0.2) is 0 Å². The van der Waals surface area contributed by atoms with Gasteiger partial charge in [0.2, 0.25) is 0 Å². The van der Waals surface area contributed by atoms with Gasteiger partial charge >= 0.3 is 39.5 Å². The Morgan fingerprint density at radius 1 is 0.297 bits per heavy atom. The van der Waals surface area contributed by atoms with Crippen LogP contribution in [0.1, 0.15) is 375 Å².